The van der Waals surface area contributed by atoms with Gasteiger partial charge in [0.05, 0.1) is 5.39 Å². The van der Waals surface area contributed by atoms with Crippen LogP contribution in [0.3, 0.4) is 0 Å². The van der Waals surface area contributed by atoms with Crippen LogP contribution in [0.15, 0.2) is 109 Å². The fourth-order valence-corrected chi connectivity index (χ4v) is 7.85. The molecular weight excluding hydrogens is 532 g/mol. The van der Waals surface area contributed by atoms with E-state index in [2.05, 4.69) is 146 Å². The standard InChI is InChI=1S/C42H44N2/c1-5-8-17-31-24-25-39-34-21-13-12-20-33(34)27-42(7-3,44(39)28-31)41-37(16-6-2)35-22-14-15-23-36(35)40-26-30(4)38(29-43(40)41)32-18-10-9-11-19-32/h9-15,18-26,28-29H,5-8,16-17,27H2,1-4H3/q+2. The first-order chi connectivity index (χ1) is 21.6. The number of hydrogen-bond acceptors (Lipinski definition) is 0. The number of nitrogens with zero attached hydrogens (tertiary/aromatic N) is 2. The molecule has 7 rings (SSSR count). The topological polar surface area (TPSA) is 7.98 Å². The van der Waals surface area contributed by atoms with Gasteiger partial charge in [-0.2, -0.15) is 8.97 Å². The van der Waals surface area contributed by atoms with Crippen molar-refractivity contribution in [1.29, 1.82) is 0 Å². The summed E-state index contributed by atoms with van der Waals surface area (Å²) >= 11 is 0. The van der Waals surface area contributed by atoms with Crippen molar-refractivity contribution >= 4 is 16.3 Å². The number of hydrogen-bond donors (Lipinski definition) is 0. The van der Waals surface area contributed by atoms with Crippen LogP contribution in [0.4, 0.5) is 0 Å². The van der Waals surface area contributed by atoms with Gasteiger partial charge in [0, 0.05) is 47.2 Å². The molecule has 1 unspecified atom stereocenters. The number of pyridine rings is 3. The van der Waals surface area contributed by atoms with E-state index >= 15 is 0 Å². The third-order valence-electron chi connectivity index (χ3n) is 10.0. The monoisotopic (exact) mass is 576 g/mol. The lowest BCUT2D eigenvalue weighted by molar-refractivity contribution is -0.764. The molecule has 0 saturated carbocycles. The first kappa shape index (κ1) is 28.5. The minimum atomic E-state index is -0.243. The van der Waals surface area contributed by atoms with E-state index in [4.69, 9.17) is 0 Å². The van der Waals surface area contributed by atoms with E-state index in [0.29, 0.717) is 0 Å². The average Bonchev–Trinajstić information content (AvgIpc) is 3.07. The van der Waals surface area contributed by atoms with Gasteiger partial charge in [-0.15, -0.1) is 0 Å². The number of unbranched alkanes of at least 4 members (excludes halogenated alkanes) is 1. The molecule has 0 aliphatic carbocycles. The van der Waals surface area contributed by atoms with Crippen LogP contribution in [0.25, 0.3) is 38.7 Å². The van der Waals surface area contributed by atoms with Crippen LogP contribution in [-0.4, -0.2) is 0 Å². The van der Waals surface area contributed by atoms with Gasteiger partial charge in [0.15, 0.2) is 12.4 Å². The highest BCUT2D eigenvalue weighted by Gasteiger charge is 2.54. The Bertz CT molecular complexity index is 1990. The van der Waals surface area contributed by atoms with Gasteiger partial charge < -0.3 is 0 Å². The molecule has 1 aliphatic heterocycles. The summed E-state index contributed by atoms with van der Waals surface area (Å²) in [5.74, 6) is 0. The van der Waals surface area contributed by atoms with Gasteiger partial charge in [0.2, 0.25) is 11.2 Å². The van der Waals surface area contributed by atoms with Crippen LogP contribution in [0.2, 0.25) is 0 Å². The third kappa shape index (κ3) is 4.54. The zero-order valence-electron chi connectivity index (χ0n) is 26.7. The minimum absolute atomic E-state index is 0.243. The second-order valence-electron chi connectivity index (χ2n) is 12.7. The van der Waals surface area contributed by atoms with E-state index in [1.807, 2.05) is 0 Å². The molecular formula is C42H44N2+2. The van der Waals surface area contributed by atoms with Crippen LogP contribution in [0.1, 0.15) is 74.4 Å². The van der Waals surface area contributed by atoms with Gasteiger partial charge in [-0.25, -0.2) is 0 Å². The molecule has 0 fully saturated rings. The Morgan fingerprint density at radius 1 is 0.705 bits per heavy atom. The third-order valence-corrected chi connectivity index (χ3v) is 10.0. The van der Waals surface area contributed by atoms with Gasteiger partial charge in [0.1, 0.15) is 0 Å². The zero-order valence-corrected chi connectivity index (χ0v) is 26.7. The highest BCUT2D eigenvalue weighted by Crippen LogP contribution is 2.41. The molecule has 220 valence electrons. The van der Waals surface area contributed by atoms with Crippen LogP contribution in [-0.2, 0) is 24.8 Å². The van der Waals surface area contributed by atoms with Crippen molar-refractivity contribution in [3.8, 4) is 22.4 Å². The van der Waals surface area contributed by atoms with Crippen molar-refractivity contribution < 1.29 is 8.97 Å². The number of fused-ring (bicyclic) bond motifs is 6. The molecule has 3 aromatic carbocycles. The van der Waals surface area contributed by atoms with Gasteiger partial charge in [0.25, 0.3) is 11.2 Å². The van der Waals surface area contributed by atoms with E-state index in [1.54, 1.807) is 0 Å². The van der Waals surface area contributed by atoms with Crippen molar-refractivity contribution in [3.63, 3.8) is 0 Å². The molecule has 1 atom stereocenters. The molecule has 2 heteroatoms. The average molecular weight is 577 g/mol. The predicted octanol–water partition coefficient (Wildman–Crippen LogP) is 9.51. The fourth-order valence-electron chi connectivity index (χ4n) is 7.85. The van der Waals surface area contributed by atoms with Crippen molar-refractivity contribution in [3.05, 3.63) is 137 Å². The molecule has 0 bridgehead atoms. The van der Waals surface area contributed by atoms with Crippen molar-refractivity contribution in [2.75, 3.05) is 0 Å². The Morgan fingerprint density at radius 2 is 1.45 bits per heavy atom. The quantitative estimate of drug-likeness (QED) is 0.126. The SMILES string of the molecule is CCCCc1ccc2[n+](c1)C(CC)(c1c(CCC)c3ccccc3c3cc(C)c(-c4ccccc4)c[n+]13)Cc1ccccc1-2. The molecule has 6 aromatic rings. The van der Waals surface area contributed by atoms with E-state index in [0.717, 1.165) is 32.1 Å². The first-order valence-corrected chi connectivity index (χ1v) is 16.7. The zero-order chi connectivity index (χ0) is 30.3. The Balaban J connectivity index is 1.65. The molecule has 1 aliphatic rings. The van der Waals surface area contributed by atoms with Gasteiger partial charge >= 0.3 is 0 Å². The Kier molecular flexibility index (Phi) is 7.54. The normalized spacial score (nSPS) is 15.8. The lowest BCUT2D eigenvalue weighted by Gasteiger charge is -2.33. The molecule has 0 saturated heterocycles. The Hall–Kier alpha value is -4.30. The number of rotatable bonds is 8. The molecule has 0 amide bonds. The predicted molar refractivity (Wildman–Crippen MR) is 183 cm³/mol. The summed E-state index contributed by atoms with van der Waals surface area (Å²) in [6, 6.07) is 36.4. The molecule has 0 radical (unpaired) electrons. The van der Waals surface area contributed by atoms with Crippen LogP contribution >= 0.6 is 0 Å². The largest absolute Gasteiger partial charge is 0.263 e. The lowest BCUT2D eigenvalue weighted by atomic mass is 9.75. The van der Waals surface area contributed by atoms with Crippen LogP contribution in [0, 0.1) is 6.92 Å². The molecule has 0 N–H and O–H groups in total. The van der Waals surface area contributed by atoms with Gasteiger partial charge in [-0.3, -0.25) is 0 Å². The van der Waals surface area contributed by atoms with E-state index in [1.165, 1.54) is 79.5 Å². The summed E-state index contributed by atoms with van der Waals surface area (Å²) in [6.07, 6.45) is 12.6. The van der Waals surface area contributed by atoms with Crippen molar-refractivity contribution in [2.45, 2.75) is 78.2 Å². The summed E-state index contributed by atoms with van der Waals surface area (Å²) in [5, 5.41) is 2.74. The smallest absolute Gasteiger partial charge is 0.182 e. The Morgan fingerprint density at radius 3 is 2.23 bits per heavy atom. The molecule has 4 heterocycles. The molecule has 3 aromatic heterocycles. The Labute approximate surface area is 262 Å². The maximum atomic E-state index is 2.69. The summed E-state index contributed by atoms with van der Waals surface area (Å²) in [6.45, 7) is 9.30. The highest BCUT2D eigenvalue weighted by atomic mass is 15.1. The first-order valence-electron chi connectivity index (χ1n) is 16.7. The summed E-state index contributed by atoms with van der Waals surface area (Å²) in [4.78, 5) is 0. The summed E-state index contributed by atoms with van der Waals surface area (Å²) in [7, 11) is 0. The van der Waals surface area contributed by atoms with E-state index < -0.39 is 0 Å². The van der Waals surface area contributed by atoms with E-state index in [9.17, 15) is 0 Å². The maximum absolute atomic E-state index is 2.69. The van der Waals surface area contributed by atoms with E-state index in [-0.39, 0.29) is 5.54 Å². The van der Waals surface area contributed by atoms with Crippen LogP contribution in [0.5, 0.6) is 0 Å². The lowest BCUT2D eigenvalue weighted by Crippen LogP contribution is -2.64. The molecule has 0 spiro atoms. The molecule has 2 nitrogen and oxygen atoms in total. The second kappa shape index (κ2) is 11.7. The van der Waals surface area contributed by atoms with Gasteiger partial charge in [-0.1, -0.05) is 100 Å². The second-order valence-corrected chi connectivity index (χ2v) is 12.7. The van der Waals surface area contributed by atoms with Gasteiger partial charge in [-0.05, 0) is 66.5 Å². The maximum Gasteiger partial charge on any atom is 0.263 e. The highest BCUT2D eigenvalue weighted by molar-refractivity contribution is 5.97. The summed E-state index contributed by atoms with van der Waals surface area (Å²) < 4.78 is 5.30. The number of aromatic nitrogens is 2. The number of aryl methyl sites for hydroxylation is 3. The molecule has 44 heavy (non-hydrogen) atoms. The van der Waals surface area contributed by atoms with Crippen LogP contribution < -0.4 is 8.97 Å². The van der Waals surface area contributed by atoms with Crippen molar-refractivity contribution in [2.24, 2.45) is 0 Å². The minimum Gasteiger partial charge on any atom is -0.182 e. The fraction of sp³-hybridized carbons (Fsp3) is 0.286. The summed E-state index contributed by atoms with van der Waals surface area (Å²) in [5.41, 5.74) is 13.4. The number of benzene rings is 3. The van der Waals surface area contributed by atoms with Crippen molar-refractivity contribution in [1.82, 2.24) is 0 Å².